The van der Waals surface area contributed by atoms with Crippen LogP contribution in [0.5, 0.6) is 0 Å². The zero-order chi connectivity index (χ0) is 8.69. The van der Waals surface area contributed by atoms with E-state index in [-0.39, 0.29) is 6.73 Å². The maximum absolute atomic E-state index is 10.5. The molecule has 1 unspecified atom stereocenters. The van der Waals surface area contributed by atoms with Crippen molar-refractivity contribution in [3.05, 3.63) is 0 Å². The Kier molecular flexibility index (Phi) is 5.56. The van der Waals surface area contributed by atoms with Gasteiger partial charge >= 0.3 is 6.16 Å². The molecule has 0 aliphatic heterocycles. The number of carbonyl (C=O) groups excluding carboxylic acids is 1. The van der Waals surface area contributed by atoms with E-state index in [9.17, 15) is 4.79 Å². The van der Waals surface area contributed by atoms with Crippen LogP contribution in [0.4, 0.5) is 4.79 Å². The van der Waals surface area contributed by atoms with Gasteiger partial charge in [-0.05, 0) is 5.92 Å². The van der Waals surface area contributed by atoms with E-state index in [2.05, 4.69) is 9.47 Å². The second-order valence-corrected chi connectivity index (χ2v) is 2.36. The van der Waals surface area contributed by atoms with Gasteiger partial charge in [-0.25, -0.2) is 10.5 Å². The molecule has 1 N–H and O–H groups in total. The van der Waals surface area contributed by atoms with Gasteiger partial charge in [0.2, 0.25) is 0 Å². The lowest BCUT2D eigenvalue weighted by molar-refractivity contribution is 0.0462. The van der Waals surface area contributed by atoms with Crippen LogP contribution in [0.2, 0.25) is 0 Å². The van der Waals surface area contributed by atoms with Gasteiger partial charge in [-0.15, -0.1) is 0 Å². The minimum Gasteiger partial charge on any atom is -0.434 e. The predicted octanol–water partition coefficient (Wildman–Crippen LogP) is 1.43. The quantitative estimate of drug-likeness (QED) is 0.584. The average Bonchev–Trinajstić information content (AvgIpc) is 2.01. The third-order valence-corrected chi connectivity index (χ3v) is 1.37. The van der Waals surface area contributed by atoms with Crippen LogP contribution < -0.4 is 5.73 Å². The second kappa shape index (κ2) is 5.97. The van der Waals surface area contributed by atoms with Crippen LogP contribution >= 0.6 is 0 Å². The fraction of sp³-hybridized carbons (Fsp3) is 0.857. The highest BCUT2D eigenvalue weighted by atomic mass is 16.7. The maximum Gasteiger partial charge on any atom is 0.509 e. The Hall–Kier alpha value is -0.770. The van der Waals surface area contributed by atoms with Crippen LogP contribution in [-0.2, 0) is 9.47 Å². The maximum atomic E-state index is 10.5. The largest absolute Gasteiger partial charge is 0.509 e. The molecule has 0 spiro atoms. The van der Waals surface area contributed by atoms with Gasteiger partial charge in [0.05, 0.1) is 6.61 Å². The van der Waals surface area contributed by atoms with Gasteiger partial charge in [0, 0.05) is 0 Å². The highest BCUT2D eigenvalue weighted by molar-refractivity contribution is 5.59. The molecule has 0 saturated heterocycles. The minimum atomic E-state index is -0.750. The lowest BCUT2D eigenvalue weighted by atomic mass is 10.1. The van der Waals surface area contributed by atoms with Crippen molar-refractivity contribution < 1.29 is 14.3 Å². The van der Waals surface area contributed by atoms with E-state index < -0.39 is 6.16 Å². The molecule has 0 rings (SSSR count). The summed E-state index contributed by atoms with van der Waals surface area (Å²) in [7, 11) is 0. The zero-order valence-electron chi connectivity index (χ0n) is 6.92. The van der Waals surface area contributed by atoms with Crippen molar-refractivity contribution in [3.63, 3.8) is 0 Å². The first-order valence-electron chi connectivity index (χ1n) is 3.64. The molecule has 0 bridgehead atoms. The summed E-state index contributed by atoms with van der Waals surface area (Å²) < 4.78 is 8.90. The number of hydrogen-bond acceptors (Lipinski definition) is 3. The van der Waals surface area contributed by atoms with E-state index in [0.717, 1.165) is 6.42 Å². The third kappa shape index (κ3) is 5.66. The van der Waals surface area contributed by atoms with Crippen LogP contribution in [0.1, 0.15) is 20.3 Å². The monoisotopic (exact) mass is 160 g/mol. The summed E-state index contributed by atoms with van der Waals surface area (Å²) >= 11 is 0. The summed E-state index contributed by atoms with van der Waals surface area (Å²) in [6, 6.07) is 0. The van der Waals surface area contributed by atoms with E-state index in [1.807, 2.05) is 13.8 Å². The Morgan fingerprint density at radius 1 is 1.55 bits per heavy atom. The van der Waals surface area contributed by atoms with Crippen LogP contribution in [0, 0.1) is 5.92 Å². The number of carbonyl (C=O) groups is 1. The Labute approximate surface area is 66.7 Å². The van der Waals surface area contributed by atoms with Crippen molar-refractivity contribution in [3.8, 4) is 0 Å². The van der Waals surface area contributed by atoms with Gasteiger partial charge < -0.3 is 9.47 Å². The van der Waals surface area contributed by atoms with E-state index in [4.69, 9.17) is 5.73 Å². The van der Waals surface area contributed by atoms with Crippen LogP contribution in [0.25, 0.3) is 0 Å². The molecule has 0 aromatic rings. The summed E-state index contributed by atoms with van der Waals surface area (Å²) in [5, 5.41) is 0. The lowest BCUT2D eigenvalue weighted by Gasteiger charge is -2.08. The molecule has 0 saturated carbocycles. The van der Waals surface area contributed by atoms with Crippen molar-refractivity contribution in [1.82, 2.24) is 5.73 Å². The van der Waals surface area contributed by atoms with E-state index >= 15 is 0 Å². The summed E-state index contributed by atoms with van der Waals surface area (Å²) in [6.45, 7) is 3.99. The second-order valence-electron chi connectivity index (χ2n) is 2.36. The van der Waals surface area contributed by atoms with Crippen LogP contribution in [0.3, 0.4) is 0 Å². The fourth-order valence-electron chi connectivity index (χ4n) is 0.429. The highest BCUT2D eigenvalue weighted by Crippen LogP contribution is 2.00. The number of nitrogens with one attached hydrogen (secondary N) is 1. The molecule has 65 valence electrons. The molecule has 0 amide bonds. The number of rotatable bonds is 4. The molecule has 0 fully saturated rings. The fourth-order valence-corrected chi connectivity index (χ4v) is 0.429. The molecule has 0 heterocycles. The Balaban J connectivity index is 3.30. The summed E-state index contributed by atoms with van der Waals surface area (Å²) in [6.07, 6.45) is 0.217. The molecule has 4 heteroatoms. The number of ether oxygens (including phenoxy) is 2. The summed E-state index contributed by atoms with van der Waals surface area (Å²) in [4.78, 5) is 10.5. The molecule has 4 nitrogen and oxygen atoms in total. The van der Waals surface area contributed by atoms with Gasteiger partial charge in [-0.3, -0.25) is 0 Å². The van der Waals surface area contributed by atoms with Crippen molar-refractivity contribution in [2.24, 2.45) is 5.92 Å². The average molecular weight is 160 g/mol. The van der Waals surface area contributed by atoms with Crippen LogP contribution in [0.15, 0.2) is 0 Å². The lowest BCUT2D eigenvalue weighted by Crippen LogP contribution is -2.13. The van der Waals surface area contributed by atoms with Crippen molar-refractivity contribution >= 4 is 6.16 Å². The molecular weight excluding hydrogens is 146 g/mol. The van der Waals surface area contributed by atoms with Crippen molar-refractivity contribution in [2.75, 3.05) is 13.3 Å². The first-order chi connectivity index (χ1) is 5.20. The molecule has 0 aromatic heterocycles. The van der Waals surface area contributed by atoms with Gasteiger partial charge in [0.15, 0.2) is 6.73 Å². The minimum absolute atomic E-state index is 0.355. The summed E-state index contributed by atoms with van der Waals surface area (Å²) in [5.41, 5.74) is 6.54. The molecular formula is C7H14NO3. The standard InChI is InChI=1S/C7H14NO3/c1-3-6(2)4-10-7(9)11-5-8/h6,8H,3-5H2,1-2H3. The Morgan fingerprint density at radius 3 is 2.64 bits per heavy atom. The molecule has 0 aromatic carbocycles. The molecule has 1 radical (unpaired) electrons. The van der Waals surface area contributed by atoms with Gasteiger partial charge in [-0.1, -0.05) is 20.3 Å². The normalized spacial score (nSPS) is 12.3. The van der Waals surface area contributed by atoms with E-state index in [0.29, 0.717) is 12.5 Å². The Bertz CT molecular complexity index is 116. The molecule has 0 aliphatic rings. The van der Waals surface area contributed by atoms with Gasteiger partial charge in [0.1, 0.15) is 0 Å². The van der Waals surface area contributed by atoms with Crippen LogP contribution in [-0.4, -0.2) is 19.5 Å². The zero-order valence-corrected chi connectivity index (χ0v) is 6.92. The smallest absolute Gasteiger partial charge is 0.434 e. The Morgan fingerprint density at radius 2 is 2.18 bits per heavy atom. The van der Waals surface area contributed by atoms with E-state index in [1.165, 1.54) is 0 Å². The van der Waals surface area contributed by atoms with Gasteiger partial charge in [-0.2, -0.15) is 0 Å². The number of hydrogen-bond donors (Lipinski definition) is 0. The topological polar surface area (TPSA) is 59.3 Å². The predicted molar refractivity (Wildman–Crippen MR) is 39.9 cm³/mol. The van der Waals surface area contributed by atoms with E-state index in [1.54, 1.807) is 0 Å². The third-order valence-electron chi connectivity index (χ3n) is 1.37. The van der Waals surface area contributed by atoms with Crippen molar-refractivity contribution in [1.29, 1.82) is 0 Å². The molecule has 11 heavy (non-hydrogen) atoms. The van der Waals surface area contributed by atoms with Crippen molar-refractivity contribution in [2.45, 2.75) is 20.3 Å². The molecule has 0 aliphatic carbocycles. The first kappa shape index (κ1) is 10.2. The SMILES string of the molecule is CCC(C)COC(=O)OC[NH]. The molecule has 1 atom stereocenters. The first-order valence-corrected chi connectivity index (χ1v) is 3.64. The highest BCUT2D eigenvalue weighted by Gasteiger charge is 2.05. The van der Waals surface area contributed by atoms with Gasteiger partial charge in [0.25, 0.3) is 0 Å². The summed E-state index contributed by atoms with van der Waals surface area (Å²) in [5.74, 6) is 0.355.